The molecule has 1 unspecified atom stereocenters. The number of hydrogen-bond donors (Lipinski definition) is 1. The number of benzene rings is 1. The van der Waals surface area contributed by atoms with Gasteiger partial charge in [-0.3, -0.25) is 0 Å². The van der Waals surface area contributed by atoms with Crippen LogP contribution >= 0.6 is 11.8 Å². The summed E-state index contributed by atoms with van der Waals surface area (Å²) >= 11 is 0.884. The summed E-state index contributed by atoms with van der Waals surface area (Å²) in [5.74, 6) is 0.0311. The standard InChI is InChI=1S/C14H12F4N2O2S/c15-9-1-3-11(4-2-9)22-7-10(21)8-23-13-19-6-5-12(20-13)14(16,17)18/h1-6,10,21H,7-8H2. The normalized spacial score (nSPS) is 12.9. The van der Waals surface area contributed by atoms with Gasteiger partial charge in [-0.25, -0.2) is 14.4 Å². The molecule has 124 valence electrons. The van der Waals surface area contributed by atoms with Crippen LogP contribution in [-0.2, 0) is 6.18 Å². The van der Waals surface area contributed by atoms with Crippen LogP contribution in [0.4, 0.5) is 17.6 Å². The summed E-state index contributed by atoms with van der Waals surface area (Å²) < 4.78 is 55.5. The van der Waals surface area contributed by atoms with E-state index in [0.29, 0.717) is 5.75 Å². The summed E-state index contributed by atoms with van der Waals surface area (Å²) in [4.78, 5) is 7.09. The number of aliphatic hydroxyl groups is 1. The van der Waals surface area contributed by atoms with Crippen LogP contribution in [0.15, 0.2) is 41.7 Å². The molecule has 1 aromatic carbocycles. The van der Waals surface area contributed by atoms with Gasteiger partial charge in [0.1, 0.15) is 23.9 Å². The van der Waals surface area contributed by atoms with Gasteiger partial charge in [0.25, 0.3) is 0 Å². The number of ether oxygens (including phenoxy) is 1. The Morgan fingerprint density at radius 2 is 1.87 bits per heavy atom. The molecule has 0 saturated carbocycles. The fraction of sp³-hybridized carbons (Fsp3) is 0.286. The molecule has 9 heteroatoms. The number of rotatable bonds is 6. The lowest BCUT2D eigenvalue weighted by Crippen LogP contribution is -2.20. The number of aromatic nitrogens is 2. The minimum atomic E-state index is -4.54. The van der Waals surface area contributed by atoms with Crippen molar-refractivity contribution in [1.82, 2.24) is 9.97 Å². The molecule has 23 heavy (non-hydrogen) atoms. The van der Waals surface area contributed by atoms with Crippen LogP contribution in [0.1, 0.15) is 5.69 Å². The van der Waals surface area contributed by atoms with Crippen molar-refractivity contribution in [3.63, 3.8) is 0 Å². The first-order valence-electron chi connectivity index (χ1n) is 6.44. The van der Waals surface area contributed by atoms with Crippen molar-refractivity contribution in [2.24, 2.45) is 0 Å². The number of halogens is 4. The van der Waals surface area contributed by atoms with Crippen LogP contribution in [0.5, 0.6) is 5.75 Å². The molecule has 1 aromatic heterocycles. The van der Waals surface area contributed by atoms with Crippen LogP contribution in [0.3, 0.4) is 0 Å². The van der Waals surface area contributed by atoms with Crippen molar-refractivity contribution in [3.05, 3.63) is 48.0 Å². The first-order chi connectivity index (χ1) is 10.8. The third kappa shape index (κ3) is 5.68. The Kier molecular flexibility index (Phi) is 5.78. The van der Waals surface area contributed by atoms with Gasteiger partial charge in [0.15, 0.2) is 5.16 Å². The van der Waals surface area contributed by atoms with Gasteiger partial charge < -0.3 is 9.84 Å². The van der Waals surface area contributed by atoms with Crippen molar-refractivity contribution in [2.45, 2.75) is 17.4 Å². The summed E-state index contributed by atoms with van der Waals surface area (Å²) in [6, 6.07) is 6.02. The Morgan fingerprint density at radius 1 is 1.17 bits per heavy atom. The number of aliphatic hydroxyl groups excluding tert-OH is 1. The summed E-state index contributed by atoms with van der Waals surface area (Å²) in [6.45, 7) is -0.0857. The lowest BCUT2D eigenvalue weighted by atomic mass is 10.3. The molecule has 2 rings (SSSR count). The lowest BCUT2D eigenvalue weighted by Gasteiger charge is -2.12. The maximum Gasteiger partial charge on any atom is 0.433 e. The second-order valence-electron chi connectivity index (χ2n) is 4.45. The number of alkyl halides is 3. The molecule has 0 radical (unpaired) electrons. The van der Waals surface area contributed by atoms with Crippen molar-refractivity contribution in [2.75, 3.05) is 12.4 Å². The fourth-order valence-electron chi connectivity index (χ4n) is 1.51. The number of hydrogen-bond acceptors (Lipinski definition) is 5. The topological polar surface area (TPSA) is 55.2 Å². The molecule has 0 amide bonds. The minimum Gasteiger partial charge on any atom is -0.491 e. The SMILES string of the molecule is OC(COc1ccc(F)cc1)CSc1nccc(C(F)(F)F)n1. The monoisotopic (exact) mass is 348 g/mol. The molecule has 0 fully saturated rings. The average molecular weight is 348 g/mol. The maximum atomic E-state index is 12.7. The molecule has 0 aliphatic heterocycles. The highest BCUT2D eigenvalue weighted by molar-refractivity contribution is 7.99. The maximum absolute atomic E-state index is 12.7. The van der Waals surface area contributed by atoms with Gasteiger partial charge in [-0.1, -0.05) is 11.8 Å². The van der Waals surface area contributed by atoms with E-state index in [1.165, 1.54) is 24.3 Å². The van der Waals surface area contributed by atoms with Crippen LogP contribution in [0.2, 0.25) is 0 Å². The largest absolute Gasteiger partial charge is 0.491 e. The van der Waals surface area contributed by atoms with Gasteiger partial charge in [0.05, 0.1) is 6.10 Å². The van der Waals surface area contributed by atoms with E-state index in [-0.39, 0.29) is 17.5 Å². The predicted molar refractivity (Wildman–Crippen MR) is 75.7 cm³/mol. The van der Waals surface area contributed by atoms with Crippen LogP contribution < -0.4 is 4.74 Å². The van der Waals surface area contributed by atoms with Gasteiger partial charge >= 0.3 is 6.18 Å². The highest BCUT2D eigenvalue weighted by atomic mass is 32.2. The molecule has 0 spiro atoms. The molecular weight excluding hydrogens is 336 g/mol. The zero-order valence-corrected chi connectivity index (χ0v) is 12.4. The van der Waals surface area contributed by atoms with E-state index in [0.717, 1.165) is 24.0 Å². The van der Waals surface area contributed by atoms with E-state index in [2.05, 4.69) is 9.97 Å². The Labute approximate surface area is 133 Å². The van der Waals surface area contributed by atoms with Crippen molar-refractivity contribution >= 4 is 11.8 Å². The Hall–Kier alpha value is -1.87. The predicted octanol–water partition coefficient (Wildman–Crippen LogP) is 3.17. The Morgan fingerprint density at radius 3 is 2.52 bits per heavy atom. The van der Waals surface area contributed by atoms with Gasteiger partial charge in [0.2, 0.25) is 0 Å². The highest BCUT2D eigenvalue weighted by Gasteiger charge is 2.32. The highest BCUT2D eigenvalue weighted by Crippen LogP contribution is 2.28. The third-order valence-corrected chi connectivity index (χ3v) is 3.59. The fourth-order valence-corrected chi connectivity index (χ4v) is 2.25. The van der Waals surface area contributed by atoms with Gasteiger partial charge in [0, 0.05) is 11.9 Å². The lowest BCUT2D eigenvalue weighted by molar-refractivity contribution is -0.141. The van der Waals surface area contributed by atoms with Gasteiger partial charge in [-0.2, -0.15) is 13.2 Å². The van der Waals surface area contributed by atoms with E-state index in [1.54, 1.807) is 0 Å². The molecule has 1 atom stereocenters. The van der Waals surface area contributed by atoms with Crippen molar-refractivity contribution < 1.29 is 27.4 Å². The minimum absolute atomic E-state index is 0.0580. The zero-order chi connectivity index (χ0) is 16.9. The molecule has 1 N–H and O–H groups in total. The molecule has 1 heterocycles. The van der Waals surface area contributed by atoms with E-state index in [9.17, 15) is 22.7 Å². The third-order valence-electron chi connectivity index (χ3n) is 2.58. The van der Waals surface area contributed by atoms with Crippen molar-refractivity contribution in [1.29, 1.82) is 0 Å². The number of nitrogens with zero attached hydrogens (tertiary/aromatic N) is 2. The molecule has 4 nitrogen and oxygen atoms in total. The second-order valence-corrected chi connectivity index (χ2v) is 5.44. The molecule has 2 aromatic rings. The number of thioether (sulfide) groups is 1. The molecule has 0 bridgehead atoms. The molecular formula is C14H12F4N2O2S. The summed E-state index contributed by atoms with van der Waals surface area (Å²) in [5, 5.41) is 9.68. The van der Waals surface area contributed by atoms with E-state index in [4.69, 9.17) is 4.74 Å². The summed E-state index contributed by atoms with van der Waals surface area (Å²) in [6.07, 6.45) is -4.47. The van der Waals surface area contributed by atoms with Crippen LogP contribution in [0, 0.1) is 5.82 Å². The van der Waals surface area contributed by atoms with Crippen molar-refractivity contribution in [3.8, 4) is 5.75 Å². The first kappa shape index (κ1) is 17.5. The van der Waals surface area contributed by atoms with Crippen LogP contribution in [0.25, 0.3) is 0 Å². The van der Waals surface area contributed by atoms with Crippen LogP contribution in [-0.4, -0.2) is 33.5 Å². The summed E-state index contributed by atoms with van der Waals surface area (Å²) in [5.41, 5.74) is -1.04. The van der Waals surface area contributed by atoms with Gasteiger partial charge in [-0.05, 0) is 30.3 Å². The van der Waals surface area contributed by atoms with E-state index in [1.807, 2.05) is 0 Å². The molecule has 0 aliphatic rings. The summed E-state index contributed by atoms with van der Waals surface area (Å²) in [7, 11) is 0. The Balaban J connectivity index is 1.82. The quantitative estimate of drug-likeness (QED) is 0.494. The molecule has 0 aliphatic carbocycles. The molecule has 0 saturated heterocycles. The Bertz CT molecular complexity index is 637. The smallest absolute Gasteiger partial charge is 0.433 e. The average Bonchev–Trinajstić information content (AvgIpc) is 2.52. The zero-order valence-electron chi connectivity index (χ0n) is 11.6. The van der Waals surface area contributed by atoms with E-state index >= 15 is 0 Å². The van der Waals surface area contributed by atoms with E-state index < -0.39 is 23.8 Å². The second kappa shape index (κ2) is 7.60. The first-order valence-corrected chi connectivity index (χ1v) is 7.42. The van der Waals surface area contributed by atoms with Gasteiger partial charge in [-0.15, -0.1) is 0 Å².